The molecule has 2 heterocycles. The lowest BCUT2D eigenvalue weighted by Gasteiger charge is -2.31. The number of hydrogen-bond acceptors (Lipinski definition) is 7. The minimum Gasteiger partial charge on any atom is -0.508 e. The number of fused-ring (bicyclic) bond motifs is 3. The fourth-order valence-corrected chi connectivity index (χ4v) is 6.62. The maximum Gasteiger partial charge on any atom is 0.271 e. The fraction of sp³-hybridized carbons (Fsp3) is 0.294. The first-order valence-corrected chi connectivity index (χ1v) is 14.4. The van der Waals surface area contributed by atoms with E-state index in [0.717, 1.165) is 33.6 Å². The molecule has 43 heavy (non-hydrogen) atoms. The van der Waals surface area contributed by atoms with Gasteiger partial charge in [-0.15, -0.1) is 0 Å². The number of nitrogens with zero attached hydrogens (tertiary/aromatic N) is 2. The summed E-state index contributed by atoms with van der Waals surface area (Å²) in [6.07, 6.45) is 3.59. The lowest BCUT2D eigenvalue weighted by molar-refractivity contribution is -0.384. The smallest absolute Gasteiger partial charge is 0.271 e. The van der Waals surface area contributed by atoms with Crippen LogP contribution in [0.25, 0.3) is 6.08 Å². The molecular weight excluding hydrogens is 548 g/mol. The van der Waals surface area contributed by atoms with E-state index in [9.17, 15) is 24.8 Å². The van der Waals surface area contributed by atoms with Crippen LogP contribution >= 0.6 is 0 Å². The highest BCUT2D eigenvalue weighted by atomic mass is 16.6. The summed E-state index contributed by atoms with van der Waals surface area (Å²) in [6.45, 7) is 2.62. The molecular formula is C34H32N2O7. The van der Waals surface area contributed by atoms with Gasteiger partial charge in [0.15, 0.2) is 0 Å². The number of benzene rings is 3. The Hall–Kier alpha value is -4.76. The van der Waals surface area contributed by atoms with Gasteiger partial charge in [0.2, 0.25) is 11.8 Å². The van der Waals surface area contributed by atoms with Gasteiger partial charge >= 0.3 is 0 Å². The molecule has 9 nitrogen and oxygen atoms in total. The van der Waals surface area contributed by atoms with E-state index in [1.807, 2.05) is 49.4 Å². The molecule has 0 aromatic heterocycles. The molecule has 0 bridgehead atoms. The number of aromatic hydroxyl groups is 1. The van der Waals surface area contributed by atoms with Crippen molar-refractivity contribution in [1.29, 1.82) is 0 Å². The minimum atomic E-state index is -0.601. The van der Waals surface area contributed by atoms with Gasteiger partial charge in [-0.1, -0.05) is 48.0 Å². The maximum atomic E-state index is 13.9. The Morgan fingerprint density at radius 2 is 1.84 bits per heavy atom. The van der Waals surface area contributed by atoms with Crippen LogP contribution in [0.5, 0.6) is 11.5 Å². The number of carbonyl (C=O) groups is 2. The van der Waals surface area contributed by atoms with E-state index in [4.69, 9.17) is 9.47 Å². The maximum absolute atomic E-state index is 13.9. The molecule has 0 saturated carbocycles. The standard InChI is InChI=1S/C34H32N2O7/c1-21(15-22-7-5-10-26(37)16-22)13-14-30-31-23(19-42-27-11-3-2-4-12-27)17-28-32(29(31)20-43-30)34(39)35(33(28)38)24-8-6-9-25(18-24)36(40)41/h2-12,15-16,18,28-30,32,37H,13-14,17,19-20H2,1H3/b21-15+/t28-,29+,30-,32-/m1/s1. The highest BCUT2D eigenvalue weighted by molar-refractivity contribution is 6.22. The third-order valence-corrected chi connectivity index (χ3v) is 8.55. The van der Waals surface area contributed by atoms with Gasteiger partial charge in [0.05, 0.1) is 35.2 Å². The van der Waals surface area contributed by atoms with Gasteiger partial charge in [0.1, 0.15) is 18.1 Å². The quantitative estimate of drug-likeness (QED) is 0.141. The van der Waals surface area contributed by atoms with E-state index in [1.54, 1.807) is 24.3 Å². The summed E-state index contributed by atoms with van der Waals surface area (Å²) >= 11 is 0. The van der Waals surface area contributed by atoms with Gasteiger partial charge in [-0.3, -0.25) is 19.7 Å². The number of phenolic OH excluding ortho intramolecular Hbond substituents is 1. The number of ether oxygens (including phenoxy) is 2. The van der Waals surface area contributed by atoms with Crippen LogP contribution in [-0.4, -0.2) is 41.2 Å². The van der Waals surface area contributed by atoms with Gasteiger partial charge < -0.3 is 14.6 Å². The molecule has 0 radical (unpaired) electrons. The van der Waals surface area contributed by atoms with Crippen molar-refractivity contribution in [3.63, 3.8) is 0 Å². The second kappa shape index (κ2) is 11.9. The number of nitro groups is 1. The molecule has 2 saturated heterocycles. The Morgan fingerprint density at radius 1 is 1.05 bits per heavy atom. The Bertz CT molecular complexity index is 1630. The van der Waals surface area contributed by atoms with Crippen molar-refractivity contribution in [3.8, 4) is 11.5 Å². The van der Waals surface area contributed by atoms with Crippen molar-refractivity contribution in [2.24, 2.45) is 17.8 Å². The molecule has 3 aromatic carbocycles. The monoisotopic (exact) mass is 580 g/mol. The Labute approximate surface area is 249 Å². The predicted octanol–water partition coefficient (Wildman–Crippen LogP) is 6.08. The van der Waals surface area contributed by atoms with Crippen molar-refractivity contribution in [1.82, 2.24) is 0 Å². The SMILES string of the molecule is C/C(=C\c1cccc(O)c1)CC[C@H]1OC[C@H]2C1=C(COc1ccccc1)C[C@H]1C(=O)N(c3cccc([N+](=O)[O-])c3)C(=O)[C@H]12. The number of allylic oxidation sites excluding steroid dienone is 1. The molecule has 220 valence electrons. The zero-order valence-corrected chi connectivity index (χ0v) is 23.7. The number of para-hydroxylation sites is 1. The number of nitro benzene ring substituents is 1. The number of carbonyl (C=O) groups excluding carboxylic acids is 2. The Balaban J connectivity index is 1.28. The minimum absolute atomic E-state index is 0.179. The summed E-state index contributed by atoms with van der Waals surface area (Å²) < 4.78 is 12.5. The summed E-state index contributed by atoms with van der Waals surface area (Å²) in [5.74, 6) is -1.25. The number of phenols is 1. The fourth-order valence-electron chi connectivity index (χ4n) is 6.62. The number of rotatable bonds is 9. The number of anilines is 1. The van der Waals surface area contributed by atoms with Crippen molar-refractivity contribution >= 4 is 29.3 Å². The molecule has 0 unspecified atom stereocenters. The first-order chi connectivity index (χ1) is 20.8. The molecule has 6 rings (SSSR count). The number of imide groups is 1. The lowest BCUT2D eigenvalue weighted by Crippen LogP contribution is -2.35. The highest BCUT2D eigenvalue weighted by Gasteiger charge is 2.57. The van der Waals surface area contributed by atoms with E-state index in [0.29, 0.717) is 25.2 Å². The van der Waals surface area contributed by atoms with Gasteiger partial charge in [0.25, 0.3) is 5.69 Å². The van der Waals surface area contributed by atoms with Crippen LogP contribution in [0.4, 0.5) is 11.4 Å². The van der Waals surface area contributed by atoms with Crippen molar-refractivity contribution < 1.29 is 29.1 Å². The molecule has 2 amide bonds. The van der Waals surface area contributed by atoms with Crippen LogP contribution in [0, 0.1) is 27.9 Å². The second-order valence-electron chi connectivity index (χ2n) is 11.3. The molecule has 4 atom stereocenters. The molecule has 1 N–H and O–H groups in total. The van der Waals surface area contributed by atoms with Gasteiger partial charge in [0, 0.05) is 18.1 Å². The average molecular weight is 581 g/mol. The van der Waals surface area contributed by atoms with Crippen LogP contribution in [0.1, 0.15) is 31.7 Å². The molecule has 3 aromatic rings. The first kappa shape index (κ1) is 28.4. The van der Waals surface area contributed by atoms with E-state index >= 15 is 0 Å². The van der Waals surface area contributed by atoms with E-state index in [1.165, 1.54) is 18.2 Å². The van der Waals surface area contributed by atoms with Crippen LogP contribution in [0.2, 0.25) is 0 Å². The summed E-state index contributed by atoms with van der Waals surface area (Å²) in [5.41, 5.74) is 4.07. The van der Waals surface area contributed by atoms with Crippen molar-refractivity contribution in [2.45, 2.75) is 32.3 Å². The molecule has 3 aliphatic rings. The number of non-ortho nitro benzene ring substituents is 1. The summed E-state index contributed by atoms with van der Waals surface area (Å²) in [7, 11) is 0. The van der Waals surface area contributed by atoms with E-state index in [-0.39, 0.29) is 47.6 Å². The molecule has 0 spiro atoms. The van der Waals surface area contributed by atoms with Crippen LogP contribution < -0.4 is 9.64 Å². The van der Waals surface area contributed by atoms with Crippen LogP contribution in [0.15, 0.2) is 95.6 Å². The zero-order chi connectivity index (χ0) is 30.1. The van der Waals surface area contributed by atoms with Gasteiger partial charge in [-0.05, 0) is 73.2 Å². The van der Waals surface area contributed by atoms with E-state index < -0.39 is 16.8 Å². The van der Waals surface area contributed by atoms with Crippen molar-refractivity contribution in [3.05, 3.63) is 111 Å². The molecule has 2 fully saturated rings. The predicted molar refractivity (Wildman–Crippen MR) is 160 cm³/mol. The van der Waals surface area contributed by atoms with Crippen LogP contribution in [0.3, 0.4) is 0 Å². The molecule has 1 aliphatic carbocycles. The zero-order valence-electron chi connectivity index (χ0n) is 23.7. The second-order valence-corrected chi connectivity index (χ2v) is 11.3. The summed E-state index contributed by atoms with van der Waals surface area (Å²) in [4.78, 5) is 39.6. The third kappa shape index (κ3) is 5.68. The normalized spacial score (nSPS) is 23.4. The Morgan fingerprint density at radius 3 is 2.60 bits per heavy atom. The number of hydrogen-bond donors (Lipinski definition) is 1. The molecule has 2 aliphatic heterocycles. The molecule has 9 heteroatoms. The largest absolute Gasteiger partial charge is 0.508 e. The number of amides is 2. The topological polar surface area (TPSA) is 119 Å². The first-order valence-electron chi connectivity index (χ1n) is 14.4. The average Bonchev–Trinajstić information content (AvgIpc) is 3.53. The lowest BCUT2D eigenvalue weighted by atomic mass is 9.69. The van der Waals surface area contributed by atoms with Crippen molar-refractivity contribution in [2.75, 3.05) is 18.1 Å². The summed E-state index contributed by atoms with van der Waals surface area (Å²) in [5, 5.41) is 21.2. The highest BCUT2D eigenvalue weighted by Crippen LogP contribution is 2.50. The summed E-state index contributed by atoms with van der Waals surface area (Å²) in [6, 6.07) is 22.2. The van der Waals surface area contributed by atoms with Gasteiger partial charge in [-0.2, -0.15) is 0 Å². The van der Waals surface area contributed by atoms with E-state index in [2.05, 4.69) is 0 Å². The third-order valence-electron chi connectivity index (χ3n) is 8.55. The van der Waals surface area contributed by atoms with Crippen LogP contribution in [-0.2, 0) is 14.3 Å². The van der Waals surface area contributed by atoms with Gasteiger partial charge in [-0.25, -0.2) is 4.90 Å². The Kier molecular flexibility index (Phi) is 7.82.